The molecule has 11 heteroatoms. The van der Waals surface area contributed by atoms with Gasteiger partial charge in [0.1, 0.15) is 6.54 Å². The number of nitrogens with zero attached hydrogens (tertiary/aromatic N) is 4. The first-order chi connectivity index (χ1) is 12.4. The fourth-order valence-electron chi connectivity index (χ4n) is 1.98. The maximum Gasteiger partial charge on any atom is 0.261 e. The molecular formula is C15H10Cl4N6O. The monoisotopic (exact) mass is 430 g/mol. The van der Waals surface area contributed by atoms with Crippen molar-refractivity contribution < 1.29 is 4.79 Å². The Morgan fingerprint density at radius 3 is 2.62 bits per heavy atom. The lowest BCUT2D eigenvalue weighted by Gasteiger charge is -2.08. The lowest BCUT2D eigenvalue weighted by Crippen LogP contribution is -2.33. The second-order valence-corrected chi connectivity index (χ2v) is 6.65. The van der Waals surface area contributed by atoms with Gasteiger partial charge in [-0.15, -0.1) is 10.2 Å². The molecule has 0 saturated carbocycles. The maximum absolute atomic E-state index is 12.0. The number of halogens is 4. The van der Waals surface area contributed by atoms with Crippen LogP contribution in [0.2, 0.25) is 20.1 Å². The van der Waals surface area contributed by atoms with E-state index in [0.717, 1.165) is 4.80 Å². The van der Waals surface area contributed by atoms with Crippen LogP contribution in [0.5, 0.6) is 0 Å². The molecule has 1 aromatic heterocycles. The second-order valence-electron chi connectivity index (χ2n) is 5.05. The molecule has 3 aromatic rings. The van der Waals surface area contributed by atoms with Gasteiger partial charge in [0, 0.05) is 5.56 Å². The van der Waals surface area contributed by atoms with E-state index in [-0.39, 0.29) is 12.4 Å². The lowest BCUT2D eigenvalue weighted by molar-refractivity contribution is -0.121. The maximum atomic E-state index is 12.0. The van der Waals surface area contributed by atoms with E-state index in [9.17, 15) is 4.79 Å². The number of carbonyl (C=O) groups excluding carboxylic acids is 1. The number of aromatic nitrogens is 4. The van der Waals surface area contributed by atoms with Crippen LogP contribution in [0.4, 0.5) is 5.69 Å². The van der Waals surface area contributed by atoms with E-state index in [1.165, 1.54) is 0 Å². The van der Waals surface area contributed by atoms with Crippen LogP contribution in [0, 0.1) is 0 Å². The Kier molecular flexibility index (Phi) is 5.83. The summed E-state index contributed by atoms with van der Waals surface area (Å²) < 4.78 is 0. The number of tetrazole rings is 1. The minimum Gasteiger partial charge on any atom is -0.299 e. The van der Waals surface area contributed by atoms with Crippen LogP contribution in [0.1, 0.15) is 0 Å². The summed E-state index contributed by atoms with van der Waals surface area (Å²) in [6, 6.07) is 9.94. The fraction of sp³-hybridized carbons (Fsp3) is 0.0667. The first-order valence-corrected chi connectivity index (χ1v) is 8.67. The van der Waals surface area contributed by atoms with E-state index in [4.69, 9.17) is 46.4 Å². The average molecular weight is 432 g/mol. The van der Waals surface area contributed by atoms with Crippen molar-refractivity contribution >= 4 is 58.0 Å². The summed E-state index contributed by atoms with van der Waals surface area (Å²) in [6.07, 6.45) is 0. The highest BCUT2D eigenvalue weighted by atomic mass is 35.5. The molecule has 0 aliphatic heterocycles. The van der Waals surface area contributed by atoms with E-state index in [0.29, 0.717) is 31.3 Å². The average Bonchev–Trinajstić information content (AvgIpc) is 3.06. The van der Waals surface area contributed by atoms with Crippen LogP contribution < -0.4 is 10.9 Å². The number of hydrogen-bond acceptors (Lipinski definition) is 5. The lowest BCUT2D eigenvalue weighted by atomic mass is 10.2. The molecule has 0 radical (unpaired) electrons. The van der Waals surface area contributed by atoms with Gasteiger partial charge < -0.3 is 0 Å². The molecule has 0 saturated heterocycles. The SMILES string of the molecule is O=C(Cn1nnc(-c2cccc(Cl)c2Cl)n1)NNc1ccc(Cl)c(Cl)c1. The summed E-state index contributed by atoms with van der Waals surface area (Å²) in [7, 11) is 0. The Balaban J connectivity index is 1.62. The van der Waals surface area contributed by atoms with E-state index in [2.05, 4.69) is 26.3 Å². The standard InChI is InChI=1S/C15H10Cl4N6O/c16-10-5-4-8(6-12(10)18)20-21-13(26)7-25-23-15(22-24-25)9-2-1-3-11(17)14(9)19/h1-6,20H,7H2,(H,21,26). The van der Waals surface area contributed by atoms with Gasteiger partial charge in [0.05, 0.1) is 25.8 Å². The number of anilines is 1. The summed E-state index contributed by atoms with van der Waals surface area (Å²) in [5.74, 6) is -0.125. The number of rotatable bonds is 5. The summed E-state index contributed by atoms with van der Waals surface area (Å²) >= 11 is 23.8. The molecule has 3 rings (SSSR count). The van der Waals surface area contributed by atoms with Gasteiger partial charge >= 0.3 is 0 Å². The van der Waals surface area contributed by atoms with Crippen molar-refractivity contribution in [1.29, 1.82) is 0 Å². The molecule has 2 N–H and O–H groups in total. The number of amides is 1. The highest BCUT2D eigenvalue weighted by molar-refractivity contribution is 6.43. The topological polar surface area (TPSA) is 84.7 Å². The van der Waals surface area contributed by atoms with Gasteiger partial charge in [-0.2, -0.15) is 4.80 Å². The van der Waals surface area contributed by atoms with Crippen molar-refractivity contribution in [3.05, 3.63) is 56.5 Å². The van der Waals surface area contributed by atoms with Crippen molar-refractivity contribution in [1.82, 2.24) is 25.6 Å². The number of hydrogen-bond donors (Lipinski definition) is 2. The quantitative estimate of drug-likeness (QED) is 0.594. The van der Waals surface area contributed by atoms with Crippen LogP contribution in [0.3, 0.4) is 0 Å². The Bertz CT molecular complexity index is 961. The third-order valence-corrected chi connectivity index (χ3v) is 4.75. The molecule has 0 fully saturated rings. The summed E-state index contributed by atoms with van der Waals surface area (Å²) in [6.45, 7) is -0.153. The molecule has 0 aliphatic rings. The van der Waals surface area contributed by atoms with E-state index < -0.39 is 5.91 Å². The molecular weight excluding hydrogens is 422 g/mol. The Labute approximate surface area is 168 Å². The van der Waals surface area contributed by atoms with Crippen molar-refractivity contribution in [2.24, 2.45) is 0 Å². The summed E-state index contributed by atoms with van der Waals surface area (Å²) in [5, 5.41) is 13.3. The van der Waals surface area contributed by atoms with Gasteiger partial charge in [0.15, 0.2) is 0 Å². The number of carbonyl (C=O) groups is 1. The molecule has 0 unspecified atom stereocenters. The van der Waals surface area contributed by atoms with Crippen molar-refractivity contribution in [2.45, 2.75) is 6.54 Å². The minimum atomic E-state index is -0.391. The largest absolute Gasteiger partial charge is 0.299 e. The van der Waals surface area contributed by atoms with E-state index in [1.807, 2.05) is 0 Å². The zero-order valence-corrected chi connectivity index (χ0v) is 15.9. The number of benzene rings is 2. The van der Waals surface area contributed by atoms with Crippen LogP contribution in [-0.4, -0.2) is 26.1 Å². The van der Waals surface area contributed by atoms with Crippen LogP contribution >= 0.6 is 46.4 Å². The zero-order chi connectivity index (χ0) is 18.7. The van der Waals surface area contributed by atoms with Gasteiger partial charge in [0.25, 0.3) is 5.91 Å². The third kappa shape index (κ3) is 4.37. The molecule has 26 heavy (non-hydrogen) atoms. The molecule has 0 bridgehead atoms. The predicted molar refractivity (Wildman–Crippen MR) is 102 cm³/mol. The predicted octanol–water partition coefficient (Wildman–Crippen LogP) is 4.10. The molecule has 1 amide bonds. The first-order valence-electron chi connectivity index (χ1n) is 7.16. The third-order valence-electron chi connectivity index (χ3n) is 3.20. The molecule has 7 nitrogen and oxygen atoms in total. The summed E-state index contributed by atoms with van der Waals surface area (Å²) in [5.41, 5.74) is 6.32. The van der Waals surface area contributed by atoms with Gasteiger partial charge in [-0.3, -0.25) is 15.6 Å². The highest BCUT2D eigenvalue weighted by Crippen LogP contribution is 2.31. The highest BCUT2D eigenvalue weighted by Gasteiger charge is 2.13. The van der Waals surface area contributed by atoms with Crippen molar-refractivity contribution in [3.8, 4) is 11.4 Å². The summed E-state index contributed by atoms with van der Waals surface area (Å²) in [4.78, 5) is 13.1. The molecule has 134 valence electrons. The molecule has 2 aromatic carbocycles. The minimum absolute atomic E-state index is 0.153. The zero-order valence-electron chi connectivity index (χ0n) is 12.9. The van der Waals surface area contributed by atoms with Gasteiger partial charge in [-0.1, -0.05) is 52.5 Å². The van der Waals surface area contributed by atoms with Crippen LogP contribution in [-0.2, 0) is 11.3 Å². The Morgan fingerprint density at radius 2 is 1.85 bits per heavy atom. The number of hydrazine groups is 1. The molecule has 0 spiro atoms. The second kappa shape index (κ2) is 8.09. The first kappa shape index (κ1) is 18.7. The molecule has 0 atom stereocenters. The van der Waals surface area contributed by atoms with Crippen LogP contribution in [0.25, 0.3) is 11.4 Å². The van der Waals surface area contributed by atoms with Crippen molar-refractivity contribution in [3.63, 3.8) is 0 Å². The van der Waals surface area contributed by atoms with E-state index in [1.54, 1.807) is 36.4 Å². The normalized spacial score (nSPS) is 10.6. The van der Waals surface area contributed by atoms with Gasteiger partial charge in [-0.05, 0) is 35.5 Å². The Morgan fingerprint density at radius 1 is 1.04 bits per heavy atom. The Hall–Kier alpha value is -2.06. The van der Waals surface area contributed by atoms with Gasteiger partial charge in [-0.25, -0.2) is 0 Å². The smallest absolute Gasteiger partial charge is 0.261 e. The molecule has 1 heterocycles. The van der Waals surface area contributed by atoms with Crippen LogP contribution in [0.15, 0.2) is 36.4 Å². The number of nitrogens with one attached hydrogen (secondary N) is 2. The fourth-order valence-corrected chi connectivity index (χ4v) is 2.66. The van der Waals surface area contributed by atoms with Gasteiger partial charge in [0.2, 0.25) is 5.82 Å². The van der Waals surface area contributed by atoms with E-state index >= 15 is 0 Å². The van der Waals surface area contributed by atoms with Crippen molar-refractivity contribution in [2.75, 3.05) is 5.43 Å². The molecule has 0 aliphatic carbocycles.